The Morgan fingerprint density at radius 3 is 2.71 bits per heavy atom. The highest BCUT2D eigenvalue weighted by molar-refractivity contribution is 7.98. The van der Waals surface area contributed by atoms with Crippen molar-refractivity contribution in [3.8, 4) is 0 Å². The third kappa shape index (κ3) is 4.32. The second-order valence-electron chi connectivity index (χ2n) is 4.71. The van der Waals surface area contributed by atoms with E-state index < -0.39 is 0 Å². The van der Waals surface area contributed by atoms with E-state index in [0.29, 0.717) is 29.7 Å². The molecule has 5 nitrogen and oxygen atoms in total. The van der Waals surface area contributed by atoms with Gasteiger partial charge in [-0.1, -0.05) is 25.6 Å². The van der Waals surface area contributed by atoms with Crippen LogP contribution in [0.2, 0.25) is 0 Å². The van der Waals surface area contributed by atoms with E-state index >= 15 is 0 Å². The Hall–Kier alpha value is -1.82. The van der Waals surface area contributed by atoms with Crippen LogP contribution < -0.4 is 0 Å². The molecule has 21 heavy (non-hydrogen) atoms. The molecule has 0 atom stereocenters. The van der Waals surface area contributed by atoms with Crippen molar-refractivity contribution in [3.63, 3.8) is 0 Å². The zero-order valence-electron chi connectivity index (χ0n) is 12.3. The summed E-state index contributed by atoms with van der Waals surface area (Å²) in [7, 11) is 0. The van der Waals surface area contributed by atoms with Crippen LogP contribution in [0.5, 0.6) is 0 Å². The molecule has 2 heterocycles. The molecule has 0 fully saturated rings. The zero-order valence-corrected chi connectivity index (χ0v) is 13.1. The number of hydrogen-bond donors (Lipinski definition) is 0. The molecule has 0 radical (unpaired) electrons. The van der Waals surface area contributed by atoms with Gasteiger partial charge in [0, 0.05) is 12.1 Å². The number of pyridine rings is 1. The van der Waals surface area contributed by atoms with Crippen LogP contribution in [0.3, 0.4) is 0 Å². The molecular formula is C15H18N2O3S. The SMILES string of the molecule is CCOC(=O)c1ccc(SCc2ncc(C(C)C)o2)nc1. The molecule has 0 bridgehead atoms. The van der Waals surface area contributed by atoms with Gasteiger partial charge in [0.15, 0.2) is 0 Å². The highest BCUT2D eigenvalue weighted by atomic mass is 32.2. The molecule has 0 amide bonds. The van der Waals surface area contributed by atoms with Gasteiger partial charge in [0.05, 0.1) is 29.1 Å². The lowest BCUT2D eigenvalue weighted by Gasteiger charge is -2.02. The predicted octanol–water partition coefficient (Wildman–Crippen LogP) is 3.66. The van der Waals surface area contributed by atoms with Crippen molar-refractivity contribution >= 4 is 17.7 Å². The van der Waals surface area contributed by atoms with Gasteiger partial charge in [0.1, 0.15) is 5.76 Å². The number of carbonyl (C=O) groups is 1. The van der Waals surface area contributed by atoms with Crippen LogP contribution in [-0.2, 0) is 10.5 Å². The molecule has 0 saturated carbocycles. The number of ether oxygens (including phenoxy) is 1. The number of hydrogen-bond acceptors (Lipinski definition) is 6. The topological polar surface area (TPSA) is 65.2 Å². The van der Waals surface area contributed by atoms with Crippen molar-refractivity contribution in [2.45, 2.75) is 37.5 Å². The average molecular weight is 306 g/mol. The van der Waals surface area contributed by atoms with Gasteiger partial charge in [-0.25, -0.2) is 14.8 Å². The Kier molecular flexibility index (Phi) is 5.38. The fourth-order valence-electron chi connectivity index (χ4n) is 1.59. The van der Waals surface area contributed by atoms with E-state index in [1.807, 2.05) is 0 Å². The highest BCUT2D eigenvalue weighted by Gasteiger charge is 2.09. The maximum atomic E-state index is 11.5. The van der Waals surface area contributed by atoms with Crippen LogP contribution >= 0.6 is 11.8 Å². The lowest BCUT2D eigenvalue weighted by molar-refractivity contribution is 0.0525. The summed E-state index contributed by atoms with van der Waals surface area (Å²) in [5.74, 6) is 2.16. The number of esters is 1. The minimum atomic E-state index is -0.351. The molecular weight excluding hydrogens is 288 g/mol. The molecule has 112 valence electrons. The van der Waals surface area contributed by atoms with Crippen molar-refractivity contribution < 1.29 is 13.9 Å². The molecule has 0 aliphatic heterocycles. The Balaban J connectivity index is 1.92. The van der Waals surface area contributed by atoms with Crippen LogP contribution in [0.15, 0.2) is 34.0 Å². The Labute approximate surface area is 128 Å². The molecule has 0 aromatic carbocycles. The largest absolute Gasteiger partial charge is 0.462 e. The van der Waals surface area contributed by atoms with Crippen molar-refractivity contribution in [2.24, 2.45) is 0 Å². The molecule has 2 aromatic rings. The van der Waals surface area contributed by atoms with Crippen LogP contribution in [0.25, 0.3) is 0 Å². The Morgan fingerprint density at radius 1 is 1.33 bits per heavy atom. The van der Waals surface area contributed by atoms with Crippen molar-refractivity contribution in [2.75, 3.05) is 6.61 Å². The van der Waals surface area contributed by atoms with E-state index in [0.717, 1.165) is 10.8 Å². The van der Waals surface area contributed by atoms with E-state index in [1.54, 1.807) is 25.3 Å². The minimum absolute atomic E-state index is 0.332. The monoisotopic (exact) mass is 306 g/mol. The van der Waals surface area contributed by atoms with Gasteiger partial charge < -0.3 is 9.15 Å². The summed E-state index contributed by atoms with van der Waals surface area (Å²) >= 11 is 1.51. The van der Waals surface area contributed by atoms with E-state index in [4.69, 9.17) is 9.15 Å². The summed E-state index contributed by atoms with van der Waals surface area (Å²) in [4.78, 5) is 20.0. The molecule has 0 saturated heterocycles. The minimum Gasteiger partial charge on any atom is -0.462 e. The van der Waals surface area contributed by atoms with Crippen LogP contribution in [0, 0.1) is 0 Å². The Morgan fingerprint density at radius 2 is 2.14 bits per heavy atom. The third-order valence-electron chi connectivity index (χ3n) is 2.73. The van der Waals surface area contributed by atoms with E-state index in [9.17, 15) is 4.79 Å². The van der Waals surface area contributed by atoms with Gasteiger partial charge in [-0.05, 0) is 19.1 Å². The first kappa shape index (κ1) is 15.6. The molecule has 0 aliphatic rings. The van der Waals surface area contributed by atoms with E-state index in [-0.39, 0.29) is 5.97 Å². The maximum Gasteiger partial charge on any atom is 0.339 e. The standard InChI is InChI=1S/C15H18N2O3S/c1-4-19-15(18)11-5-6-14(17-7-11)21-9-13-16-8-12(20-13)10(2)3/h5-8,10H,4,9H2,1-3H3. The lowest BCUT2D eigenvalue weighted by atomic mass is 10.2. The summed E-state index contributed by atoms with van der Waals surface area (Å²) in [6, 6.07) is 3.51. The number of rotatable bonds is 6. The fourth-order valence-corrected chi connectivity index (χ4v) is 2.29. The molecule has 0 spiro atoms. The maximum absolute atomic E-state index is 11.5. The highest BCUT2D eigenvalue weighted by Crippen LogP contribution is 2.23. The van der Waals surface area contributed by atoms with Crippen molar-refractivity contribution in [1.29, 1.82) is 0 Å². The normalized spacial score (nSPS) is 10.9. The van der Waals surface area contributed by atoms with Crippen molar-refractivity contribution in [1.82, 2.24) is 9.97 Å². The number of thioether (sulfide) groups is 1. The summed E-state index contributed by atoms with van der Waals surface area (Å²) in [5, 5.41) is 0.812. The van der Waals surface area contributed by atoms with Crippen molar-refractivity contribution in [3.05, 3.63) is 41.7 Å². The molecule has 2 rings (SSSR count). The fraction of sp³-hybridized carbons (Fsp3) is 0.400. The van der Waals surface area contributed by atoms with Gasteiger partial charge in [0.2, 0.25) is 5.89 Å². The van der Waals surface area contributed by atoms with Gasteiger partial charge in [0.25, 0.3) is 0 Å². The number of nitrogens with zero attached hydrogens (tertiary/aromatic N) is 2. The van der Waals surface area contributed by atoms with E-state index in [1.165, 1.54) is 18.0 Å². The first-order valence-corrected chi connectivity index (χ1v) is 7.79. The summed E-state index contributed by atoms with van der Waals surface area (Å²) < 4.78 is 10.5. The average Bonchev–Trinajstić information content (AvgIpc) is 2.95. The van der Waals surface area contributed by atoms with Gasteiger partial charge in [-0.3, -0.25) is 0 Å². The second-order valence-corrected chi connectivity index (χ2v) is 5.70. The molecule has 0 N–H and O–H groups in total. The summed E-state index contributed by atoms with van der Waals surface area (Å²) in [6.45, 7) is 6.26. The molecule has 0 unspecified atom stereocenters. The number of aromatic nitrogens is 2. The molecule has 2 aromatic heterocycles. The van der Waals surface area contributed by atoms with Gasteiger partial charge >= 0.3 is 5.97 Å². The van der Waals surface area contributed by atoms with E-state index in [2.05, 4.69) is 23.8 Å². The quantitative estimate of drug-likeness (QED) is 0.599. The number of carbonyl (C=O) groups excluding carboxylic acids is 1. The Bertz CT molecular complexity index is 593. The number of oxazole rings is 1. The molecule has 0 aliphatic carbocycles. The van der Waals surface area contributed by atoms with Gasteiger partial charge in [-0.15, -0.1) is 0 Å². The van der Waals surface area contributed by atoms with Crippen LogP contribution in [0.4, 0.5) is 0 Å². The third-order valence-corrected chi connectivity index (χ3v) is 3.66. The van der Waals surface area contributed by atoms with Crippen LogP contribution in [0.1, 0.15) is 48.7 Å². The first-order chi connectivity index (χ1) is 10.1. The summed E-state index contributed by atoms with van der Waals surface area (Å²) in [5.41, 5.74) is 0.458. The zero-order chi connectivity index (χ0) is 15.2. The summed E-state index contributed by atoms with van der Waals surface area (Å²) in [6.07, 6.45) is 3.28. The van der Waals surface area contributed by atoms with Gasteiger partial charge in [-0.2, -0.15) is 0 Å². The smallest absolute Gasteiger partial charge is 0.339 e. The van der Waals surface area contributed by atoms with Crippen LogP contribution in [-0.4, -0.2) is 22.5 Å². The molecule has 6 heteroatoms. The lowest BCUT2D eigenvalue weighted by Crippen LogP contribution is -2.04. The first-order valence-electron chi connectivity index (χ1n) is 6.80. The predicted molar refractivity (Wildman–Crippen MR) is 80.3 cm³/mol. The second kappa shape index (κ2) is 7.26.